The van der Waals surface area contributed by atoms with Crippen LogP contribution in [0, 0.1) is 0 Å². The van der Waals surface area contributed by atoms with Crippen molar-refractivity contribution in [1.82, 2.24) is 0 Å². The average Bonchev–Trinajstić information content (AvgIpc) is 2.53. The minimum Gasteiger partial charge on any atom is -0.480 e. The number of rotatable bonds is 18. The van der Waals surface area contributed by atoms with E-state index >= 15 is 0 Å². The molecule has 0 rings (SSSR count). The molecule has 0 spiro atoms. The molecule has 150 valence electrons. The monoisotopic (exact) mass is 448 g/mol. The van der Waals surface area contributed by atoms with E-state index in [1.807, 2.05) is 0 Å². The fourth-order valence-electron chi connectivity index (χ4n) is 2.91. The number of halogens is 3. The normalized spacial score (nSPS) is 13.1. The molecule has 0 bridgehead atoms. The Hall–Kier alpha value is 0.907. The summed E-state index contributed by atoms with van der Waals surface area (Å²) in [7, 11) is 0. The lowest BCUT2D eigenvalue weighted by atomic mass is 10.0. The van der Waals surface area contributed by atoms with Crippen molar-refractivity contribution in [2.24, 2.45) is 0 Å². The maximum atomic E-state index is 10.6. The third kappa shape index (κ3) is 21.1. The Kier molecular flexibility index (Phi) is 17.7. The van der Waals surface area contributed by atoms with Crippen molar-refractivity contribution in [3.05, 3.63) is 0 Å². The molecule has 0 fully saturated rings. The second-order valence-corrected chi connectivity index (χ2v) is 16.9. The molecule has 0 saturated heterocycles. The van der Waals surface area contributed by atoms with Gasteiger partial charge in [-0.05, 0) is 12.5 Å². The van der Waals surface area contributed by atoms with Crippen LogP contribution in [0.1, 0.15) is 96.3 Å². The molecular formula is C18H35Cl3O2SSi. The fraction of sp³-hybridized carbons (Fsp3) is 0.944. The van der Waals surface area contributed by atoms with E-state index in [1.165, 1.54) is 70.6 Å². The van der Waals surface area contributed by atoms with E-state index in [9.17, 15) is 4.79 Å². The molecule has 2 nitrogen and oxygen atoms in total. The lowest BCUT2D eigenvalue weighted by Crippen LogP contribution is -2.12. The first kappa shape index (κ1) is 25.9. The molecule has 0 aliphatic rings. The number of carbonyl (C=O) groups is 1. The van der Waals surface area contributed by atoms with E-state index in [0.29, 0.717) is 6.42 Å². The summed E-state index contributed by atoms with van der Waals surface area (Å²) in [4.78, 5) is 10.6. The van der Waals surface area contributed by atoms with E-state index in [4.69, 9.17) is 38.3 Å². The largest absolute Gasteiger partial charge is 0.480 e. The van der Waals surface area contributed by atoms with Crippen molar-refractivity contribution in [2.75, 3.05) is 0 Å². The van der Waals surface area contributed by atoms with Crippen molar-refractivity contribution in [1.29, 1.82) is 0 Å². The second kappa shape index (κ2) is 17.0. The van der Waals surface area contributed by atoms with Gasteiger partial charge in [0.25, 0.3) is 0 Å². The van der Waals surface area contributed by atoms with Crippen LogP contribution in [-0.2, 0) is 4.79 Å². The maximum Gasteiger partial charge on any atom is 0.341 e. The van der Waals surface area contributed by atoms with Crippen molar-refractivity contribution >= 4 is 57.8 Å². The molecule has 0 aromatic carbocycles. The van der Waals surface area contributed by atoms with Gasteiger partial charge in [0.05, 0.1) is 5.25 Å². The van der Waals surface area contributed by atoms with E-state index in [-0.39, 0.29) is 0 Å². The first-order valence-electron chi connectivity index (χ1n) is 9.80. The molecule has 0 aromatic rings. The molecule has 1 unspecified atom stereocenters. The molecule has 0 saturated carbocycles. The molecular weight excluding hydrogens is 415 g/mol. The van der Waals surface area contributed by atoms with Crippen molar-refractivity contribution < 1.29 is 9.90 Å². The summed E-state index contributed by atoms with van der Waals surface area (Å²) in [6.45, 7) is 0. The van der Waals surface area contributed by atoms with Crippen LogP contribution in [0.2, 0.25) is 6.04 Å². The minimum absolute atomic E-state index is 0.489. The minimum atomic E-state index is -2.38. The standard InChI is InChI=1S/C18H35Cl3O2SSi/c19-25(20,21)16-14-12-10-8-6-4-2-1-3-5-7-9-11-13-15-17(24)18(22)23/h17,24H,1-16H2,(H,22,23). The highest BCUT2D eigenvalue weighted by Gasteiger charge is 2.23. The molecule has 0 aliphatic heterocycles. The summed E-state index contributed by atoms with van der Waals surface area (Å²) in [5.41, 5.74) is 0. The van der Waals surface area contributed by atoms with Gasteiger partial charge in [0.15, 0.2) is 0 Å². The Labute approximate surface area is 174 Å². The number of aliphatic carboxylic acids is 1. The quantitative estimate of drug-likeness (QED) is 0.0966. The van der Waals surface area contributed by atoms with Crippen LogP contribution in [-0.4, -0.2) is 22.3 Å². The summed E-state index contributed by atoms with van der Waals surface area (Å²) in [5.74, 6) is -0.798. The number of hydrogen-bond donors (Lipinski definition) is 2. The van der Waals surface area contributed by atoms with Crippen LogP contribution < -0.4 is 0 Å². The summed E-state index contributed by atoms with van der Waals surface area (Å²) < 4.78 is 0. The lowest BCUT2D eigenvalue weighted by molar-refractivity contribution is -0.136. The predicted octanol–water partition coefficient (Wildman–Crippen LogP) is 7.88. The molecule has 0 radical (unpaired) electrons. The lowest BCUT2D eigenvalue weighted by Gasteiger charge is -2.07. The van der Waals surface area contributed by atoms with Gasteiger partial charge in [0, 0.05) is 0 Å². The van der Waals surface area contributed by atoms with Gasteiger partial charge in [-0.3, -0.25) is 4.79 Å². The number of unbranched alkanes of at least 4 members (excludes halogenated alkanes) is 13. The van der Waals surface area contributed by atoms with Gasteiger partial charge in [-0.2, -0.15) is 12.6 Å². The van der Waals surface area contributed by atoms with Crippen LogP contribution in [0.4, 0.5) is 0 Å². The zero-order valence-electron chi connectivity index (χ0n) is 15.3. The first-order chi connectivity index (χ1) is 11.8. The fourth-order valence-corrected chi connectivity index (χ4v) is 4.94. The highest BCUT2D eigenvalue weighted by Crippen LogP contribution is 2.27. The SMILES string of the molecule is O=C(O)C(S)CCCCCCCCCCCCCCCC[Si](Cl)(Cl)Cl. The number of thiol groups is 1. The van der Waals surface area contributed by atoms with Gasteiger partial charge in [-0.15, -0.1) is 33.2 Å². The Morgan fingerprint density at radius 3 is 1.36 bits per heavy atom. The van der Waals surface area contributed by atoms with Crippen LogP contribution in [0.15, 0.2) is 0 Å². The van der Waals surface area contributed by atoms with Crippen molar-refractivity contribution in [3.63, 3.8) is 0 Å². The average molecular weight is 450 g/mol. The number of hydrogen-bond acceptors (Lipinski definition) is 2. The highest BCUT2D eigenvalue weighted by molar-refractivity contribution is 7.81. The van der Waals surface area contributed by atoms with E-state index in [0.717, 1.165) is 25.3 Å². The topological polar surface area (TPSA) is 37.3 Å². The first-order valence-corrected chi connectivity index (χ1v) is 15.6. The van der Waals surface area contributed by atoms with Gasteiger partial charge < -0.3 is 5.11 Å². The molecule has 25 heavy (non-hydrogen) atoms. The molecule has 1 N–H and O–H groups in total. The van der Waals surface area contributed by atoms with Crippen LogP contribution >= 0.6 is 45.9 Å². The smallest absolute Gasteiger partial charge is 0.341 e. The Balaban J connectivity index is 3.11. The third-order valence-corrected chi connectivity index (χ3v) is 7.57. The van der Waals surface area contributed by atoms with E-state index < -0.39 is 17.2 Å². The van der Waals surface area contributed by atoms with E-state index in [2.05, 4.69) is 12.6 Å². The van der Waals surface area contributed by atoms with Gasteiger partial charge in [0.1, 0.15) is 0 Å². The van der Waals surface area contributed by atoms with Crippen LogP contribution in [0.25, 0.3) is 0 Å². The van der Waals surface area contributed by atoms with Gasteiger partial charge >= 0.3 is 12.0 Å². The Morgan fingerprint density at radius 1 is 0.720 bits per heavy atom. The van der Waals surface area contributed by atoms with Crippen LogP contribution in [0.3, 0.4) is 0 Å². The summed E-state index contributed by atoms with van der Waals surface area (Å²) in [6, 6.07) is -1.58. The predicted molar refractivity (Wildman–Crippen MR) is 118 cm³/mol. The van der Waals surface area contributed by atoms with Crippen molar-refractivity contribution in [2.45, 2.75) is 108 Å². The van der Waals surface area contributed by atoms with Crippen molar-refractivity contribution in [3.8, 4) is 0 Å². The summed E-state index contributed by atoms with van der Waals surface area (Å²) in [5, 5.41) is 8.25. The molecule has 0 amide bonds. The van der Waals surface area contributed by atoms with E-state index in [1.54, 1.807) is 0 Å². The maximum absolute atomic E-state index is 10.6. The highest BCUT2D eigenvalue weighted by atomic mass is 35.8. The number of carboxylic acids is 1. The zero-order chi connectivity index (χ0) is 19.0. The van der Waals surface area contributed by atoms with Gasteiger partial charge in [-0.25, -0.2) is 0 Å². The second-order valence-electron chi connectivity index (χ2n) is 6.96. The summed E-state index contributed by atoms with van der Waals surface area (Å²) in [6.07, 6.45) is 18.1. The van der Waals surface area contributed by atoms with Gasteiger partial charge in [0.2, 0.25) is 0 Å². The third-order valence-electron chi connectivity index (χ3n) is 4.47. The molecule has 0 aliphatic carbocycles. The van der Waals surface area contributed by atoms with Crippen LogP contribution in [0.5, 0.6) is 0 Å². The zero-order valence-corrected chi connectivity index (χ0v) is 19.5. The van der Waals surface area contributed by atoms with Gasteiger partial charge in [-0.1, -0.05) is 89.9 Å². The molecule has 0 aromatic heterocycles. The Morgan fingerprint density at radius 2 is 1.04 bits per heavy atom. The Bertz CT molecular complexity index is 328. The summed E-state index contributed by atoms with van der Waals surface area (Å²) >= 11 is 21.6. The molecule has 0 heterocycles. The molecule has 1 atom stereocenters. The number of carboxylic acid groups (broad SMARTS) is 1. The molecule has 7 heteroatoms.